The second-order valence-corrected chi connectivity index (χ2v) is 4.84. The first-order valence-electron chi connectivity index (χ1n) is 5.68. The molecule has 1 heterocycles. The monoisotopic (exact) mass is 200 g/mol. The van der Waals surface area contributed by atoms with Gasteiger partial charge in [0.2, 0.25) is 0 Å². The third kappa shape index (κ3) is 2.69. The second kappa shape index (κ2) is 5.10. The summed E-state index contributed by atoms with van der Waals surface area (Å²) >= 11 is 0. The number of nitrogens with two attached hydrogens (primary N) is 1. The van der Waals surface area contributed by atoms with Crippen molar-refractivity contribution in [3.8, 4) is 0 Å². The molecule has 1 fully saturated rings. The van der Waals surface area contributed by atoms with Gasteiger partial charge < -0.3 is 10.8 Å². The van der Waals surface area contributed by atoms with Crippen LogP contribution < -0.4 is 5.73 Å². The van der Waals surface area contributed by atoms with E-state index in [1.807, 2.05) is 6.92 Å². The van der Waals surface area contributed by atoms with Crippen molar-refractivity contribution in [3.05, 3.63) is 0 Å². The predicted octanol–water partition coefficient (Wildman–Crippen LogP) is 0.815. The molecule has 1 saturated heterocycles. The molecule has 0 amide bonds. The molecule has 0 aromatic heterocycles. The van der Waals surface area contributed by atoms with Gasteiger partial charge in [-0.3, -0.25) is 4.90 Å². The van der Waals surface area contributed by atoms with Gasteiger partial charge in [0.05, 0.1) is 6.61 Å². The Morgan fingerprint density at radius 3 is 2.57 bits per heavy atom. The van der Waals surface area contributed by atoms with Crippen LogP contribution in [-0.4, -0.2) is 41.3 Å². The van der Waals surface area contributed by atoms with Crippen molar-refractivity contribution in [2.75, 3.05) is 13.2 Å². The van der Waals surface area contributed by atoms with Gasteiger partial charge in [-0.2, -0.15) is 0 Å². The molecular weight excluding hydrogens is 176 g/mol. The van der Waals surface area contributed by atoms with Gasteiger partial charge in [0, 0.05) is 24.7 Å². The normalized spacial score (nSPS) is 34.1. The van der Waals surface area contributed by atoms with Crippen LogP contribution in [0.5, 0.6) is 0 Å². The molecule has 0 aromatic carbocycles. The van der Waals surface area contributed by atoms with Gasteiger partial charge in [-0.05, 0) is 32.6 Å². The van der Waals surface area contributed by atoms with Crippen molar-refractivity contribution in [1.29, 1.82) is 0 Å². The lowest BCUT2D eigenvalue weighted by molar-refractivity contribution is 0.0350. The average Bonchev–Trinajstić information content (AvgIpc) is 2.11. The van der Waals surface area contributed by atoms with Crippen LogP contribution in [0, 0.1) is 5.92 Å². The molecular formula is C11H24N2O. The number of aliphatic hydroxyl groups is 1. The van der Waals surface area contributed by atoms with Gasteiger partial charge in [0.1, 0.15) is 0 Å². The summed E-state index contributed by atoms with van der Waals surface area (Å²) in [7, 11) is 0. The summed E-state index contributed by atoms with van der Waals surface area (Å²) < 4.78 is 0. The molecule has 3 N–H and O–H groups in total. The Kier molecular flexibility index (Phi) is 4.35. The zero-order valence-electron chi connectivity index (χ0n) is 9.61. The molecule has 4 atom stereocenters. The highest BCUT2D eigenvalue weighted by atomic mass is 16.3. The van der Waals surface area contributed by atoms with E-state index in [1.54, 1.807) is 0 Å². The fraction of sp³-hybridized carbons (Fsp3) is 1.00. The lowest BCUT2D eigenvalue weighted by Gasteiger charge is -2.42. The van der Waals surface area contributed by atoms with E-state index < -0.39 is 0 Å². The van der Waals surface area contributed by atoms with Crippen LogP contribution in [0.1, 0.15) is 33.6 Å². The van der Waals surface area contributed by atoms with Crippen LogP contribution in [0.25, 0.3) is 0 Å². The van der Waals surface area contributed by atoms with Crippen molar-refractivity contribution in [3.63, 3.8) is 0 Å². The summed E-state index contributed by atoms with van der Waals surface area (Å²) in [4.78, 5) is 2.37. The number of likely N-dealkylation sites (tertiary alicyclic amines) is 1. The zero-order chi connectivity index (χ0) is 10.7. The van der Waals surface area contributed by atoms with Crippen molar-refractivity contribution in [2.24, 2.45) is 11.7 Å². The Hall–Kier alpha value is -0.120. The van der Waals surface area contributed by atoms with E-state index in [0.717, 1.165) is 12.5 Å². The number of rotatable bonds is 3. The molecule has 3 nitrogen and oxygen atoms in total. The minimum absolute atomic E-state index is 0.0488. The molecule has 0 bridgehead atoms. The standard InChI is InChI=1S/C11H24N2O/c1-8-4-5-9(2)13(6-8)11(7-14)10(3)12/h8-11,14H,4-7,12H2,1-3H3. The minimum Gasteiger partial charge on any atom is -0.395 e. The Morgan fingerprint density at radius 2 is 2.07 bits per heavy atom. The molecule has 0 aromatic rings. The van der Waals surface area contributed by atoms with Crippen LogP contribution in [0.4, 0.5) is 0 Å². The molecule has 0 spiro atoms. The summed E-state index contributed by atoms with van der Waals surface area (Å²) in [6.45, 7) is 7.74. The highest BCUT2D eigenvalue weighted by molar-refractivity contribution is 4.86. The Bertz CT molecular complexity index is 173. The smallest absolute Gasteiger partial charge is 0.0601 e. The molecule has 0 radical (unpaired) electrons. The van der Waals surface area contributed by atoms with Gasteiger partial charge in [-0.25, -0.2) is 0 Å². The lowest BCUT2D eigenvalue weighted by Crippen LogP contribution is -2.55. The van der Waals surface area contributed by atoms with E-state index >= 15 is 0 Å². The number of piperidine rings is 1. The first-order valence-corrected chi connectivity index (χ1v) is 5.68. The third-order valence-corrected chi connectivity index (χ3v) is 3.39. The van der Waals surface area contributed by atoms with Gasteiger partial charge in [0.15, 0.2) is 0 Å². The highest BCUT2D eigenvalue weighted by Gasteiger charge is 2.30. The quantitative estimate of drug-likeness (QED) is 0.709. The third-order valence-electron chi connectivity index (χ3n) is 3.39. The number of hydrogen-bond acceptors (Lipinski definition) is 3. The van der Waals surface area contributed by atoms with Crippen molar-refractivity contribution in [1.82, 2.24) is 4.90 Å². The maximum atomic E-state index is 9.33. The highest BCUT2D eigenvalue weighted by Crippen LogP contribution is 2.23. The molecule has 1 rings (SSSR count). The van der Waals surface area contributed by atoms with Crippen LogP contribution in [-0.2, 0) is 0 Å². The van der Waals surface area contributed by atoms with E-state index in [4.69, 9.17) is 5.73 Å². The Morgan fingerprint density at radius 1 is 1.43 bits per heavy atom. The van der Waals surface area contributed by atoms with Crippen molar-refractivity contribution in [2.45, 2.75) is 51.7 Å². The molecule has 14 heavy (non-hydrogen) atoms. The fourth-order valence-corrected chi connectivity index (χ4v) is 2.36. The predicted molar refractivity (Wildman–Crippen MR) is 59.1 cm³/mol. The van der Waals surface area contributed by atoms with E-state index in [9.17, 15) is 5.11 Å². The Labute approximate surface area is 87.3 Å². The second-order valence-electron chi connectivity index (χ2n) is 4.84. The maximum Gasteiger partial charge on any atom is 0.0601 e. The van der Waals surface area contributed by atoms with Crippen LogP contribution in [0.15, 0.2) is 0 Å². The van der Waals surface area contributed by atoms with Crippen molar-refractivity contribution >= 4 is 0 Å². The molecule has 0 saturated carbocycles. The largest absolute Gasteiger partial charge is 0.395 e. The summed E-state index contributed by atoms with van der Waals surface area (Å²) in [6, 6.07) is 0.745. The van der Waals surface area contributed by atoms with Gasteiger partial charge in [0.25, 0.3) is 0 Å². The SMILES string of the molecule is CC1CCC(C)N(C(CO)C(C)N)C1. The molecule has 3 heteroatoms. The van der Waals surface area contributed by atoms with Crippen LogP contribution in [0.2, 0.25) is 0 Å². The summed E-state index contributed by atoms with van der Waals surface area (Å²) in [6.07, 6.45) is 2.53. The van der Waals surface area contributed by atoms with Crippen LogP contribution >= 0.6 is 0 Å². The van der Waals surface area contributed by atoms with Gasteiger partial charge in [-0.1, -0.05) is 6.92 Å². The zero-order valence-corrected chi connectivity index (χ0v) is 9.61. The molecule has 1 aliphatic rings. The molecule has 0 aliphatic carbocycles. The van der Waals surface area contributed by atoms with E-state index in [1.165, 1.54) is 12.8 Å². The average molecular weight is 200 g/mol. The van der Waals surface area contributed by atoms with Crippen LogP contribution in [0.3, 0.4) is 0 Å². The summed E-state index contributed by atoms with van der Waals surface area (Å²) in [5.74, 6) is 0.735. The fourth-order valence-electron chi connectivity index (χ4n) is 2.36. The molecule has 1 aliphatic heterocycles. The first-order chi connectivity index (χ1) is 6.56. The van der Waals surface area contributed by atoms with E-state index in [-0.39, 0.29) is 18.7 Å². The summed E-state index contributed by atoms with van der Waals surface area (Å²) in [5.41, 5.74) is 5.88. The number of aliphatic hydroxyl groups excluding tert-OH is 1. The van der Waals surface area contributed by atoms with E-state index in [0.29, 0.717) is 6.04 Å². The van der Waals surface area contributed by atoms with Gasteiger partial charge >= 0.3 is 0 Å². The number of nitrogens with zero attached hydrogens (tertiary/aromatic N) is 1. The lowest BCUT2D eigenvalue weighted by atomic mass is 9.92. The first kappa shape index (κ1) is 12.0. The Balaban J connectivity index is 2.62. The minimum atomic E-state index is 0.0488. The topological polar surface area (TPSA) is 49.5 Å². The summed E-state index contributed by atoms with van der Waals surface area (Å²) in [5, 5.41) is 9.33. The molecule has 4 unspecified atom stereocenters. The van der Waals surface area contributed by atoms with Gasteiger partial charge in [-0.15, -0.1) is 0 Å². The molecule has 84 valence electrons. The van der Waals surface area contributed by atoms with Crippen molar-refractivity contribution < 1.29 is 5.11 Å². The van der Waals surface area contributed by atoms with E-state index in [2.05, 4.69) is 18.7 Å². The maximum absolute atomic E-state index is 9.33. The number of hydrogen-bond donors (Lipinski definition) is 2.